The molecule has 42 heavy (non-hydrogen) atoms. The lowest BCUT2D eigenvalue weighted by Crippen LogP contribution is -2.14. The van der Waals surface area contributed by atoms with Gasteiger partial charge in [-0.25, -0.2) is 0 Å². The third-order valence-corrected chi connectivity index (χ3v) is 5.49. The van der Waals surface area contributed by atoms with Gasteiger partial charge in [0.1, 0.15) is 18.9 Å². The molecule has 0 radical (unpaired) electrons. The molecular weight excluding hydrogens is 575 g/mol. The Morgan fingerprint density at radius 1 is 0.643 bits per heavy atom. The molecule has 0 atom stereocenters. The molecule has 1 N–H and O–H groups in total. The zero-order chi connectivity index (χ0) is 30.4. The zero-order valence-corrected chi connectivity index (χ0v) is 22.4. The topological polar surface area (TPSA) is 163 Å². The first kappa shape index (κ1) is 32.7. The molecule has 2 aromatic carbocycles. The third-order valence-electron chi connectivity index (χ3n) is 5.49. The summed E-state index contributed by atoms with van der Waals surface area (Å²) in [5.74, 6) is 0.324. The Labute approximate surface area is 237 Å². The van der Waals surface area contributed by atoms with Crippen molar-refractivity contribution in [2.24, 2.45) is 0 Å². The standard InChI is InChI=1S/C25H30F3N3O11/c26-25(27,28)20-16-19(30(32)33)17-21(31(34)35)24(20)29-18-1-2-22-23(15-18)42-14-12-40-10-8-38-6-4-36-3-5-37-7-9-39-11-13-41-22/h1-2,15-17,29H,3-14H2. The Morgan fingerprint density at radius 2 is 1.12 bits per heavy atom. The molecule has 0 spiro atoms. The van der Waals surface area contributed by atoms with Crippen molar-refractivity contribution in [1.82, 2.24) is 0 Å². The number of benzene rings is 2. The van der Waals surface area contributed by atoms with E-state index in [0.717, 1.165) is 0 Å². The maximum absolute atomic E-state index is 13.8. The Balaban J connectivity index is 1.81. The highest BCUT2D eigenvalue weighted by atomic mass is 19.4. The lowest BCUT2D eigenvalue weighted by atomic mass is 10.1. The summed E-state index contributed by atoms with van der Waals surface area (Å²) in [5, 5.41) is 25.1. The van der Waals surface area contributed by atoms with Crippen molar-refractivity contribution < 1.29 is 56.2 Å². The van der Waals surface area contributed by atoms with E-state index in [1.807, 2.05) is 0 Å². The van der Waals surface area contributed by atoms with E-state index < -0.39 is 38.6 Å². The normalized spacial score (nSPS) is 17.0. The first-order valence-electron chi connectivity index (χ1n) is 12.8. The molecule has 0 unspecified atom stereocenters. The number of ether oxygens (including phenoxy) is 7. The summed E-state index contributed by atoms with van der Waals surface area (Å²) < 4.78 is 80.0. The fraction of sp³-hybridized carbons (Fsp3) is 0.520. The van der Waals surface area contributed by atoms with Gasteiger partial charge in [-0.2, -0.15) is 13.2 Å². The number of non-ortho nitro benzene ring substituents is 1. The van der Waals surface area contributed by atoms with Crippen LogP contribution in [0.2, 0.25) is 0 Å². The lowest BCUT2D eigenvalue weighted by molar-refractivity contribution is -0.394. The van der Waals surface area contributed by atoms with E-state index in [0.29, 0.717) is 52.3 Å². The fourth-order valence-electron chi connectivity index (χ4n) is 3.58. The van der Waals surface area contributed by atoms with Crippen LogP contribution < -0.4 is 14.8 Å². The van der Waals surface area contributed by atoms with Gasteiger partial charge in [0.15, 0.2) is 11.5 Å². The zero-order valence-electron chi connectivity index (χ0n) is 22.4. The first-order valence-corrected chi connectivity index (χ1v) is 12.8. The molecule has 1 heterocycles. The van der Waals surface area contributed by atoms with E-state index in [9.17, 15) is 33.4 Å². The van der Waals surface area contributed by atoms with Crippen LogP contribution in [0, 0.1) is 20.2 Å². The van der Waals surface area contributed by atoms with Crippen molar-refractivity contribution in [1.29, 1.82) is 0 Å². The Hall–Kier alpha value is -3.77. The van der Waals surface area contributed by atoms with Gasteiger partial charge in [-0.05, 0) is 12.1 Å². The smallest absolute Gasteiger partial charge is 0.418 e. The molecule has 0 saturated heterocycles. The number of hydrogen-bond acceptors (Lipinski definition) is 12. The van der Waals surface area contributed by atoms with Gasteiger partial charge >= 0.3 is 6.18 Å². The molecule has 17 heteroatoms. The first-order chi connectivity index (χ1) is 20.2. The number of nitrogens with one attached hydrogen (secondary N) is 1. The minimum absolute atomic E-state index is 0.0300. The van der Waals surface area contributed by atoms with Crippen LogP contribution in [0.25, 0.3) is 0 Å². The van der Waals surface area contributed by atoms with E-state index in [1.54, 1.807) is 0 Å². The monoisotopic (exact) mass is 605 g/mol. The molecule has 0 aromatic heterocycles. The molecule has 0 amide bonds. The van der Waals surface area contributed by atoms with Gasteiger partial charge in [-0.1, -0.05) is 0 Å². The number of alkyl halides is 3. The number of rotatable bonds is 4. The number of anilines is 2. The number of nitro benzene ring substituents is 2. The summed E-state index contributed by atoms with van der Waals surface area (Å²) in [6, 6.07) is 4.69. The summed E-state index contributed by atoms with van der Waals surface area (Å²) in [4.78, 5) is 20.4. The maximum Gasteiger partial charge on any atom is 0.418 e. The fourth-order valence-corrected chi connectivity index (χ4v) is 3.58. The van der Waals surface area contributed by atoms with Gasteiger partial charge in [0.25, 0.3) is 11.4 Å². The van der Waals surface area contributed by atoms with Crippen LogP contribution in [0.3, 0.4) is 0 Å². The van der Waals surface area contributed by atoms with Crippen LogP contribution in [-0.4, -0.2) is 89.1 Å². The highest BCUT2D eigenvalue weighted by molar-refractivity contribution is 5.77. The van der Waals surface area contributed by atoms with Gasteiger partial charge in [-0.15, -0.1) is 0 Å². The Kier molecular flexibility index (Phi) is 13.0. The number of halogens is 3. The maximum atomic E-state index is 13.8. The molecule has 2 aromatic rings. The quantitative estimate of drug-likeness (QED) is 0.392. The van der Waals surface area contributed by atoms with Crippen LogP contribution in [-0.2, 0) is 29.9 Å². The van der Waals surface area contributed by atoms with Crippen LogP contribution >= 0.6 is 0 Å². The SMILES string of the molecule is O=[N+]([O-])c1cc([N+](=O)[O-])c(Nc2ccc3c(c2)OCCOCCOCCOCCOCCOCCO3)c(C(F)(F)F)c1. The highest BCUT2D eigenvalue weighted by Gasteiger charge is 2.39. The molecule has 1 aliphatic rings. The molecule has 1 aliphatic heterocycles. The van der Waals surface area contributed by atoms with Crippen molar-refractivity contribution in [3.63, 3.8) is 0 Å². The summed E-state index contributed by atoms with van der Waals surface area (Å²) >= 11 is 0. The van der Waals surface area contributed by atoms with E-state index in [-0.39, 0.29) is 56.3 Å². The van der Waals surface area contributed by atoms with Crippen molar-refractivity contribution in [2.75, 3.05) is 84.6 Å². The van der Waals surface area contributed by atoms with Crippen molar-refractivity contribution in [3.05, 3.63) is 56.1 Å². The molecule has 3 rings (SSSR count). The predicted octanol–water partition coefficient (Wildman–Crippen LogP) is 4.12. The van der Waals surface area contributed by atoms with Crippen molar-refractivity contribution >= 4 is 22.7 Å². The van der Waals surface area contributed by atoms with E-state index in [4.69, 9.17) is 33.2 Å². The van der Waals surface area contributed by atoms with Crippen LogP contribution in [0.4, 0.5) is 35.9 Å². The van der Waals surface area contributed by atoms with E-state index in [2.05, 4.69) is 5.32 Å². The number of fused-ring (bicyclic) bond motifs is 1. The van der Waals surface area contributed by atoms with Crippen molar-refractivity contribution in [2.45, 2.75) is 6.18 Å². The Bertz CT molecular complexity index is 1180. The lowest BCUT2D eigenvalue weighted by Gasteiger charge is -2.17. The molecule has 0 fully saturated rings. The van der Waals surface area contributed by atoms with Gasteiger partial charge in [0.2, 0.25) is 0 Å². The number of hydrogen-bond donors (Lipinski definition) is 1. The molecule has 232 valence electrons. The minimum Gasteiger partial charge on any atom is -0.487 e. The molecule has 0 saturated carbocycles. The van der Waals surface area contributed by atoms with Crippen LogP contribution in [0.15, 0.2) is 30.3 Å². The van der Waals surface area contributed by atoms with E-state index >= 15 is 0 Å². The second-order valence-corrected chi connectivity index (χ2v) is 8.44. The van der Waals surface area contributed by atoms with Gasteiger partial charge in [0.05, 0.1) is 87.5 Å². The van der Waals surface area contributed by atoms with Gasteiger partial charge in [-0.3, -0.25) is 20.2 Å². The second kappa shape index (κ2) is 16.6. The molecule has 14 nitrogen and oxygen atoms in total. The number of nitrogens with zero attached hydrogens (tertiary/aromatic N) is 2. The van der Waals surface area contributed by atoms with Gasteiger partial charge in [0, 0.05) is 17.8 Å². The average molecular weight is 606 g/mol. The molecule has 0 aliphatic carbocycles. The average Bonchev–Trinajstić information content (AvgIpc) is 2.93. The summed E-state index contributed by atoms with van der Waals surface area (Å²) in [6.07, 6.45) is -5.14. The largest absolute Gasteiger partial charge is 0.487 e. The van der Waals surface area contributed by atoms with Crippen LogP contribution in [0.1, 0.15) is 5.56 Å². The highest BCUT2D eigenvalue weighted by Crippen LogP contribution is 2.44. The van der Waals surface area contributed by atoms with Crippen molar-refractivity contribution in [3.8, 4) is 11.5 Å². The number of nitro groups is 2. The third kappa shape index (κ3) is 10.6. The van der Waals surface area contributed by atoms with Crippen LogP contribution in [0.5, 0.6) is 11.5 Å². The minimum atomic E-state index is -5.14. The summed E-state index contributed by atoms with van der Waals surface area (Å²) in [7, 11) is 0. The summed E-state index contributed by atoms with van der Waals surface area (Å²) in [6.45, 7) is 3.33. The van der Waals surface area contributed by atoms with E-state index in [1.165, 1.54) is 18.2 Å². The summed E-state index contributed by atoms with van der Waals surface area (Å²) in [5.41, 5.74) is -4.78. The van der Waals surface area contributed by atoms with Gasteiger partial charge < -0.3 is 38.5 Å². The Morgan fingerprint density at radius 3 is 1.57 bits per heavy atom. The molecular formula is C25H30F3N3O11. The molecule has 0 bridgehead atoms. The predicted molar refractivity (Wildman–Crippen MR) is 140 cm³/mol. The second-order valence-electron chi connectivity index (χ2n) is 8.44.